The summed E-state index contributed by atoms with van der Waals surface area (Å²) in [5, 5.41) is 0. The van der Waals surface area contributed by atoms with Gasteiger partial charge in [-0.3, -0.25) is 4.79 Å². The van der Waals surface area contributed by atoms with Crippen LogP contribution in [-0.4, -0.2) is 13.6 Å². The number of rotatable bonds is 6. The van der Waals surface area contributed by atoms with Crippen LogP contribution in [0.25, 0.3) is 0 Å². The zero-order chi connectivity index (χ0) is 13.5. The summed E-state index contributed by atoms with van der Waals surface area (Å²) in [6, 6.07) is 19.8. The molecule has 2 radical (unpaired) electrons. The SMILES string of the molecule is [B]C(CC(=O)CCc1ccccc1)c1ccccc1. The van der Waals surface area contributed by atoms with Crippen LogP contribution in [0.4, 0.5) is 0 Å². The molecule has 0 heterocycles. The van der Waals surface area contributed by atoms with E-state index in [-0.39, 0.29) is 11.6 Å². The number of carbonyl (C=O) groups excluding carboxylic acids is 1. The first-order valence-electron chi connectivity index (χ1n) is 6.62. The number of hydrogen-bond acceptors (Lipinski definition) is 1. The molecule has 0 N–H and O–H groups in total. The molecule has 0 fully saturated rings. The van der Waals surface area contributed by atoms with Crippen molar-refractivity contribution in [2.24, 2.45) is 0 Å². The Bertz CT molecular complexity index is 507. The van der Waals surface area contributed by atoms with Gasteiger partial charge in [0.25, 0.3) is 0 Å². The second-order valence-corrected chi connectivity index (χ2v) is 4.75. The fraction of sp³-hybridized carbons (Fsp3) is 0.235. The van der Waals surface area contributed by atoms with Gasteiger partial charge in [-0.2, -0.15) is 0 Å². The van der Waals surface area contributed by atoms with Crippen molar-refractivity contribution in [2.75, 3.05) is 0 Å². The van der Waals surface area contributed by atoms with Crippen molar-refractivity contribution >= 4 is 13.6 Å². The maximum absolute atomic E-state index is 11.9. The second kappa shape index (κ2) is 6.94. The van der Waals surface area contributed by atoms with E-state index in [4.69, 9.17) is 7.85 Å². The van der Waals surface area contributed by atoms with Crippen molar-refractivity contribution in [3.05, 3.63) is 71.8 Å². The molecule has 0 aliphatic carbocycles. The van der Waals surface area contributed by atoms with Crippen LogP contribution in [0.3, 0.4) is 0 Å². The third-order valence-electron chi connectivity index (χ3n) is 3.21. The van der Waals surface area contributed by atoms with E-state index in [9.17, 15) is 4.79 Å². The van der Waals surface area contributed by atoms with Crippen LogP contribution >= 0.6 is 0 Å². The van der Waals surface area contributed by atoms with Crippen molar-refractivity contribution in [2.45, 2.75) is 25.1 Å². The lowest BCUT2D eigenvalue weighted by atomic mass is 9.77. The monoisotopic (exact) mass is 248 g/mol. The van der Waals surface area contributed by atoms with Crippen molar-refractivity contribution in [1.29, 1.82) is 0 Å². The molecule has 1 unspecified atom stereocenters. The van der Waals surface area contributed by atoms with Gasteiger partial charge in [0.15, 0.2) is 0 Å². The summed E-state index contributed by atoms with van der Waals surface area (Å²) in [5.74, 6) is 0.0321. The summed E-state index contributed by atoms with van der Waals surface area (Å²) < 4.78 is 0. The fourth-order valence-corrected chi connectivity index (χ4v) is 2.09. The first-order valence-corrected chi connectivity index (χ1v) is 6.62. The van der Waals surface area contributed by atoms with Gasteiger partial charge < -0.3 is 0 Å². The van der Waals surface area contributed by atoms with Crippen LogP contribution in [0.2, 0.25) is 0 Å². The molecule has 0 spiro atoms. The van der Waals surface area contributed by atoms with Crippen LogP contribution in [0.5, 0.6) is 0 Å². The Morgan fingerprint density at radius 2 is 1.53 bits per heavy atom. The quantitative estimate of drug-likeness (QED) is 0.715. The second-order valence-electron chi connectivity index (χ2n) is 4.75. The minimum atomic E-state index is -0.190. The first kappa shape index (κ1) is 13.6. The van der Waals surface area contributed by atoms with Gasteiger partial charge in [0.2, 0.25) is 0 Å². The molecule has 1 nitrogen and oxygen atoms in total. The molecule has 2 aromatic rings. The maximum atomic E-state index is 11.9. The van der Waals surface area contributed by atoms with Gasteiger partial charge in [0, 0.05) is 12.8 Å². The Kier molecular flexibility index (Phi) is 4.97. The molecular formula is C17H17BO. The van der Waals surface area contributed by atoms with Gasteiger partial charge >= 0.3 is 0 Å². The van der Waals surface area contributed by atoms with E-state index in [0.717, 1.165) is 12.0 Å². The Labute approximate surface area is 116 Å². The van der Waals surface area contributed by atoms with Crippen LogP contribution in [0.1, 0.15) is 29.8 Å². The first-order chi connectivity index (χ1) is 9.25. The zero-order valence-electron chi connectivity index (χ0n) is 11.0. The maximum Gasteiger partial charge on any atom is 0.133 e. The topological polar surface area (TPSA) is 17.1 Å². The highest BCUT2D eigenvalue weighted by molar-refractivity contribution is 6.14. The summed E-state index contributed by atoms with van der Waals surface area (Å²) >= 11 is 0. The van der Waals surface area contributed by atoms with Crippen LogP contribution in [-0.2, 0) is 11.2 Å². The summed E-state index contributed by atoms with van der Waals surface area (Å²) in [6.45, 7) is 0. The van der Waals surface area contributed by atoms with Crippen LogP contribution in [0.15, 0.2) is 60.7 Å². The normalized spacial score (nSPS) is 12.0. The molecule has 0 saturated heterocycles. The number of aryl methyl sites for hydroxylation is 1. The molecule has 19 heavy (non-hydrogen) atoms. The van der Waals surface area contributed by atoms with Crippen molar-refractivity contribution in [3.8, 4) is 0 Å². The average molecular weight is 248 g/mol. The van der Waals surface area contributed by atoms with E-state index in [1.165, 1.54) is 5.56 Å². The van der Waals surface area contributed by atoms with Crippen molar-refractivity contribution in [1.82, 2.24) is 0 Å². The molecule has 0 amide bonds. The lowest BCUT2D eigenvalue weighted by Crippen LogP contribution is -2.08. The standard InChI is InChI=1S/C17H17BO/c18-17(15-9-5-2-6-10-15)13-16(19)12-11-14-7-3-1-4-8-14/h1-10,17H,11-13H2. The van der Waals surface area contributed by atoms with Gasteiger partial charge in [-0.25, -0.2) is 0 Å². The van der Waals surface area contributed by atoms with E-state index in [1.807, 2.05) is 60.7 Å². The lowest BCUT2D eigenvalue weighted by Gasteiger charge is -2.11. The summed E-state index contributed by atoms with van der Waals surface area (Å²) in [7, 11) is 6.04. The summed E-state index contributed by atoms with van der Waals surface area (Å²) in [6.07, 6.45) is 1.77. The molecule has 2 heteroatoms. The van der Waals surface area contributed by atoms with Crippen LogP contribution in [0, 0.1) is 0 Å². The molecule has 0 bridgehead atoms. The number of benzene rings is 2. The molecule has 1 atom stereocenters. The third kappa shape index (κ3) is 4.40. The summed E-state index contributed by atoms with van der Waals surface area (Å²) in [5.41, 5.74) is 2.22. The smallest absolute Gasteiger partial charge is 0.133 e. The summed E-state index contributed by atoms with van der Waals surface area (Å²) in [4.78, 5) is 11.9. The molecule has 0 aromatic heterocycles. The van der Waals surface area contributed by atoms with Crippen molar-refractivity contribution in [3.63, 3.8) is 0 Å². The lowest BCUT2D eigenvalue weighted by molar-refractivity contribution is -0.119. The van der Waals surface area contributed by atoms with E-state index in [1.54, 1.807) is 0 Å². The highest BCUT2D eigenvalue weighted by Gasteiger charge is 2.10. The van der Waals surface area contributed by atoms with Crippen LogP contribution < -0.4 is 0 Å². The molecule has 0 aliphatic rings. The van der Waals surface area contributed by atoms with Gasteiger partial charge in [-0.15, -0.1) is 0 Å². The van der Waals surface area contributed by atoms with E-state index in [0.29, 0.717) is 12.8 Å². The van der Waals surface area contributed by atoms with Gasteiger partial charge in [-0.1, -0.05) is 66.2 Å². The minimum Gasteiger partial charge on any atom is -0.300 e. The van der Waals surface area contributed by atoms with E-state index >= 15 is 0 Å². The molecule has 94 valence electrons. The third-order valence-corrected chi connectivity index (χ3v) is 3.21. The Morgan fingerprint density at radius 1 is 0.947 bits per heavy atom. The zero-order valence-corrected chi connectivity index (χ0v) is 11.0. The minimum absolute atomic E-state index is 0.190. The van der Waals surface area contributed by atoms with Gasteiger partial charge in [0.05, 0.1) is 7.85 Å². The van der Waals surface area contributed by atoms with E-state index < -0.39 is 0 Å². The predicted octanol–water partition coefficient (Wildman–Crippen LogP) is 3.49. The Morgan fingerprint density at radius 3 is 2.16 bits per heavy atom. The number of Topliss-reactive ketones (excluding diaryl/α,β-unsaturated/α-hetero) is 1. The largest absolute Gasteiger partial charge is 0.300 e. The molecule has 0 aliphatic heterocycles. The highest BCUT2D eigenvalue weighted by atomic mass is 16.1. The number of carbonyl (C=O) groups is 1. The number of hydrogen-bond donors (Lipinski definition) is 0. The molecular weight excluding hydrogens is 231 g/mol. The Hall–Kier alpha value is -1.83. The van der Waals surface area contributed by atoms with Gasteiger partial charge in [-0.05, 0) is 17.8 Å². The fourth-order valence-electron chi connectivity index (χ4n) is 2.09. The molecule has 2 rings (SSSR count). The molecule has 0 saturated carbocycles. The Balaban J connectivity index is 1.82. The van der Waals surface area contributed by atoms with Gasteiger partial charge in [0.1, 0.15) is 5.78 Å². The average Bonchev–Trinajstić information content (AvgIpc) is 2.47. The highest BCUT2D eigenvalue weighted by Crippen LogP contribution is 2.17. The van der Waals surface area contributed by atoms with Crippen molar-refractivity contribution < 1.29 is 4.79 Å². The van der Waals surface area contributed by atoms with E-state index in [2.05, 4.69) is 0 Å². The molecule has 2 aromatic carbocycles. The number of ketones is 1. The predicted molar refractivity (Wildman–Crippen MR) is 79.3 cm³/mol.